The lowest BCUT2D eigenvalue weighted by atomic mass is 9.84. The smallest absolute Gasteiger partial charge is 0.330 e. The fourth-order valence-electron chi connectivity index (χ4n) is 2.35. The summed E-state index contributed by atoms with van der Waals surface area (Å²) in [5.41, 5.74) is 1.19. The third-order valence-corrected chi connectivity index (χ3v) is 9.25. The molecule has 0 spiro atoms. The normalized spacial score (nSPS) is 26.6. The molecule has 0 bridgehead atoms. The molecule has 1 fully saturated rings. The van der Waals surface area contributed by atoms with Crippen molar-refractivity contribution in [2.45, 2.75) is 71.2 Å². The number of methoxy groups -OCH3 is 1. The first-order valence-corrected chi connectivity index (χ1v) is 10.4. The Morgan fingerprint density at radius 3 is 2.40 bits per heavy atom. The standard InChI is InChI=1S/C16H30O3Si/c1-12-10-13(11-15(17)18-5)8-9-14(12)19-20(6,7)16(2,3)4/h11-12,14H,8-10H2,1-7H3/b13-11-. The van der Waals surface area contributed by atoms with Gasteiger partial charge in [0.25, 0.3) is 0 Å². The summed E-state index contributed by atoms with van der Waals surface area (Å²) >= 11 is 0. The van der Waals surface area contributed by atoms with Crippen LogP contribution in [0.4, 0.5) is 0 Å². The molecule has 1 rings (SSSR count). The number of allylic oxidation sites excluding steroid dienone is 1. The summed E-state index contributed by atoms with van der Waals surface area (Å²) in [6.07, 6.45) is 4.87. The predicted octanol–water partition coefficient (Wildman–Crippen LogP) is 4.30. The molecule has 0 N–H and O–H groups in total. The van der Waals surface area contributed by atoms with Crippen molar-refractivity contribution >= 4 is 14.3 Å². The Balaban J connectivity index is 2.66. The van der Waals surface area contributed by atoms with E-state index < -0.39 is 8.32 Å². The Hall–Kier alpha value is -0.613. The van der Waals surface area contributed by atoms with Gasteiger partial charge in [-0.25, -0.2) is 4.79 Å². The van der Waals surface area contributed by atoms with E-state index in [-0.39, 0.29) is 11.0 Å². The minimum absolute atomic E-state index is 0.240. The summed E-state index contributed by atoms with van der Waals surface area (Å²) in [6, 6.07) is 0. The highest BCUT2D eigenvalue weighted by atomic mass is 28.4. The average molecular weight is 298 g/mol. The van der Waals surface area contributed by atoms with E-state index in [2.05, 4.69) is 40.8 Å². The van der Waals surface area contributed by atoms with Gasteiger partial charge in [-0.1, -0.05) is 33.3 Å². The van der Waals surface area contributed by atoms with Crippen LogP contribution in [0.25, 0.3) is 0 Å². The molecule has 1 aliphatic rings. The molecular weight excluding hydrogens is 268 g/mol. The lowest BCUT2D eigenvalue weighted by Gasteiger charge is -2.42. The SMILES string of the molecule is COC(=O)/C=C1/CCC(O[Si](C)(C)C(C)(C)C)C(C)C1. The minimum atomic E-state index is -1.71. The lowest BCUT2D eigenvalue weighted by Crippen LogP contribution is -2.46. The molecule has 2 atom stereocenters. The number of hydrogen-bond acceptors (Lipinski definition) is 3. The fraction of sp³-hybridized carbons (Fsp3) is 0.812. The third-order valence-electron chi connectivity index (χ3n) is 4.74. The van der Waals surface area contributed by atoms with Gasteiger partial charge in [0.2, 0.25) is 0 Å². The highest BCUT2D eigenvalue weighted by Gasteiger charge is 2.40. The molecule has 0 amide bonds. The zero-order valence-corrected chi connectivity index (χ0v) is 15.1. The highest BCUT2D eigenvalue weighted by molar-refractivity contribution is 6.74. The number of carbonyl (C=O) groups is 1. The van der Waals surface area contributed by atoms with Crippen LogP contribution in [-0.2, 0) is 14.0 Å². The van der Waals surface area contributed by atoms with Crippen LogP contribution in [-0.4, -0.2) is 27.5 Å². The van der Waals surface area contributed by atoms with Crippen molar-refractivity contribution < 1.29 is 14.0 Å². The quantitative estimate of drug-likeness (QED) is 0.443. The Labute approximate surface area is 124 Å². The van der Waals surface area contributed by atoms with Crippen LogP contribution < -0.4 is 0 Å². The molecular formula is C16H30O3Si. The molecule has 0 aliphatic heterocycles. The van der Waals surface area contributed by atoms with Gasteiger partial charge in [-0.2, -0.15) is 0 Å². The molecule has 3 nitrogen and oxygen atoms in total. The number of esters is 1. The fourth-order valence-corrected chi connectivity index (χ4v) is 3.81. The largest absolute Gasteiger partial charge is 0.466 e. The third kappa shape index (κ3) is 4.45. The minimum Gasteiger partial charge on any atom is -0.466 e. The first kappa shape index (κ1) is 17.4. The molecule has 2 unspecified atom stereocenters. The Morgan fingerprint density at radius 2 is 1.95 bits per heavy atom. The van der Waals surface area contributed by atoms with Gasteiger partial charge in [0, 0.05) is 12.2 Å². The van der Waals surface area contributed by atoms with Crippen LogP contribution in [0.15, 0.2) is 11.6 Å². The van der Waals surface area contributed by atoms with Crippen molar-refractivity contribution in [3.8, 4) is 0 Å². The number of carbonyl (C=O) groups excluding carboxylic acids is 1. The van der Waals surface area contributed by atoms with Crippen LogP contribution in [0.5, 0.6) is 0 Å². The lowest BCUT2D eigenvalue weighted by molar-refractivity contribution is -0.134. The number of hydrogen-bond donors (Lipinski definition) is 0. The van der Waals surface area contributed by atoms with E-state index in [0.29, 0.717) is 12.0 Å². The second-order valence-corrected chi connectivity index (χ2v) is 12.2. The zero-order valence-electron chi connectivity index (χ0n) is 14.1. The second-order valence-electron chi connectivity index (χ2n) is 7.46. The van der Waals surface area contributed by atoms with Crippen molar-refractivity contribution in [2.24, 2.45) is 5.92 Å². The van der Waals surface area contributed by atoms with Crippen LogP contribution in [0.3, 0.4) is 0 Å². The molecule has 0 aromatic rings. The van der Waals surface area contributed by atoms with E-state index in [1.54, 1.807) is 6.08 Å². The number of ether oxygens (including phenoxy) is 1. The van der Waals surface area contributed by atoms with E-state index in [4.69, 9.17) is 9.16 Å². The van der Waals surface area contributed by atoms with Gasteiger partial charge >= 0.3 is 5.97 Å². The summed E-state index contributed by atoms with van der Waals surface area (Å²) in [7, 11) is -0.280. The second kappa shape index (κ2) is 6.44. The highest BCUT2D eigenvalue weighted by Crippen LogP contribution is 2.40. The van der Waals surface area contributed by atoms with Crippen molar-refractivity contribution in [2.75, 3.05) is 7.11 Å². The summed E-state index contributed by atoms with van der Waals surface area (Å²) in [4.78, 5) is 11.3. The Kier molecular flexibility index (Phi) is 5.61. The van der Waals surface area contributed by atoms with Gasteiger partial charge in [0.05, 0.1) is 7.11 Å². The molecule has 116 valence electrons. The average Bonchev–Trinajstić information content (AvgIpc) is 2.31. The molecule has 0 heterocycles. The van der Waals surface area contributed by atoms with E-state index >= 15 is 0 Å². The van der Waals surface area contributed by atoms with Gasteiger partial charge in [0.15, 0.2) is 8.32 Å². The van der Waals surface area contributed by atoms with Gasteiger partial charge in [-0.15, -0.1) is 0 Å². The first-order chi connectivity index (χ1) is 9.06. The molecule has 4 heteroatoms. The van der Waals surface area contributed by atoms with Crippen LogP contribution >= 0.6 is 0 Å². The van der Waals surface area contributed by atoms with Gasteiger partial charge < -0.3 is 9.16 Å². The summed E-state index contributed by atoms with van der Waals surface area (Å²) in [6.45, 7) is 13.7. The van der Waals surface area contributed by atoms with Crippen LogP contribution in [0, 0.1) is 5.92 Å². The van der Waals surface area contributed by atoms with Crippen molar-refractivity contribution in [3.05, 3.63) is 11.6 Å². The molecule has 0 radical (unpaired) electrons. The molecule has 1 saturated carbocycles. The van der Waals surface area contributed by atoms with E-state index in [1.807, 2.05) is 0 Å². The maximum atomic E-state index is 11.3. The van der Waals surface area contributed by atoms with Crippen LogP contribution in [0.2, 0.25) is 18.1 Å². The first-order valence-electron chi connectivity index (χ1n) is 7.52. The van der Waals surface area contributed by atoms with Crippen molar-refractivity contribution in [1.82, 2.24) is 0 Å². The van der Waals surface area contributed by atoms with E-state index in [0.717, 1.165) is 19.3 Å². The monoisotopic (exact) mass is 298 g/mol. The van der Waals surface area contributed by atoms with Crippen molar-refractivity contribution in [1.29, 1.82) is 0 Å². The zero-order chi connectivity index (χ0) is 15.6. The van der Waals surface area contributed by atoms with Gasteiger partial charge in [0.1, 0.15) is 0 Å². The maximum Gasteiger partial charge on any atom is 0.330 e. The molecule has 20 heavy (non-hydrogen) atoms. The molecule has 0 saturated heterocycles. The van der Waals surface area contributed by atoms with Gasteiger partial charge in [-0.05, 0) is 43.3 Å². The van der Waals surface area contributed by atoms with E-state index in [1.165, 1.54) is 12.7 Å². The molecule has 0 aromatic heterocycles. The van der Waals surface area contributed by atoms with Crippen molar-refractivity contribution in [3.63, 3.8) is 0 Å². The Morgan fingerprint density at radius 1 is 1.35 bits per heavy atom. The Bertz CT molecular complexity index is 380. The van der Waals surface area contributed by atoms with E-state index in [9.17, 15) is 4.79 Å². The number of rotatable bonds is 3. The van der Waals surface area contributed by atoms with Crippen LogP contribution in [0.1, 0.15) is 47.0 Å². The molecule has 0 aromatic carbocycles. The summed E-state index contributed by atoms with van der Waals surface area (Å²) in [5.74, 6) is 0.227. The summed E-state index contributed by atoms with van der Waals surface area (Å²) in [5, 5.41) is 0.245. The summed E-state index contributed by atoms with van der Waals surface area (Å²) < 4.78 is 11.2. The predicted molar refractivity (Wildman–Crippen MR) is 85.2 cm³/mol. The maximum absolute atomic E-state index is 11.3. The van der Waals surface area contributed by atoms with Gasteiger partial charge in [-0.3, -0.25) is 0 Å². The topological polar surface area (TPSA) is 35.5 Å². The molecule has 1 aliphatic carbocycles.